The molecule has 0 aliphatic carbocycles. The number of nitrogens with zero attached hydrogens (tertiary/aromatic N) is 6. The highest BCUT2D eigenvalue weighted by Crippen LogP contribution is 2.38. The number of carboxylic acids is 1. The van der Waals surface area contributed by atoms with Crippen LogP contribution in [0.5, 0.6) is 11.5 Å². The molecule has 0 unspecified atom stereocenters. The number of aliphatic hydroxyl groups is 1. The Hall–Kier alpha value is -6.76. The van der Waals surface area contributed by atoms with Gasteiger partial charge < -0.3 is 56.9 Å². The molecule has 21 nitrogen and oxygen atoms in total. The summed E-state index contributed by atoms with van der Waals surface area (Å²) in [6.45, 7) is 10.7. The number of hydrogen-bond acceptors (Lipinski definition) is 18. The van der Waals surface area contributed by atoms with Gasteiger partial charge in [-0.3, -0.25) is 19.2 Å². The van der Waals surface area contributed by atoms with Crippen LogP contribution >= 0.6 is 23.2 Å². The van der Waals surface area contributed by atoms with Crippen molar-refractivity contribution < 1.29 is 103 Å². The summed E-state index contributed by atoms with van der Waals surface area (Å²) in [6.07, 6.45) is 4.32. The van der Waals surface area contributed by atoms with Crippen molar-refractivity contribution in [1.29, 1.82) is 0 Å². The minimum absolute atomic E-state index is 0.000769. The normalized spacial score (nSPS) is 18.5. The maximum atomic E-state index is 13.5. The van der Waals surface area contributed by atoms with E-state index in [4.69, 9.17) is 71.2 Å². The van der Waals surface area contributed by atoms with Crippen LogP contribution in [0.2, 0.25) is 0 Å². The highest BCUT2D eigenvalue weighted by Gasteiger charge is 2.42. The van der Waals surface area contributed by atoms with E-state index in [1.165, 1.54) is 36.4 Å². The molecule has 5 aliphatic rings. The molecule has 30 heteroatoms. The molecule has 6 aromatic heterocycles. The van der Waals surface area contributed by atoms with Crippen molar-refractivity contribution in [3.63, 3.8) is 0 Å². The van der Waals surface area contributed by atoms with Gasteiger partial charge in [0, 0.05) is 158 Å². The summed E-state index contributed by atoms with van der Waals surface area (Å²) < 4.78 is 138. The van der Waals surface area contributed by atoms with E-state index in [9.17, 15) is 59.8 Å². The van der Waals surface area contributed by atoms with Crippen LogP contribution in [0.15, 0.2) is 73.3 Å². The van der Waals surface area contributed by atoms with Gasteiger partial charge in [0.05, 0.1) is 70.1 Å². The van der Waals surface area contributed by atoms with Gasteiger partial charge in [-0.1, -0.05) is 12.1 Å². The molecule has 5 saturated heterocycles. The van der Waals surface area contributed by atoms with E-state index in [0.29, 0.717) is 125 Å². The van der Waals surface area contributed by atoms with E-state index in [2.05, 4.69) is 15.0 Å². The van der Waals surface area contributed by atoms with Gasteiger partial charge in [-0.2, -0.15) is 0 Å². The predicted octanol–water partition coefficient (Wildman–Crippen LogP) is 11.2. The molecule has 0 amide bonds. The number of ether oxygens (including phenoxy) is 8. The molecule has 0 spiro atoms. The third-order valence-electron chi connectivity index (χ3n) is 16.3. The second-order valence-corrected chi connectivity index (χ2v) is 23.3. The van der Waals surface area contributed by atoms with Crippen LogP contribution in [0, 0.1) is 0 Å². The lowest BCUT2D eigenvalue weighted by Gasteiger charge is -2.35. The zero-order chi connectivity index (χ0) is 69.0. The van der Waals surface area contributed by atoms with Crippen LogP contribution < -0.4 is 9.47 Å². The van der Waals surface area contributed by atoms with Gasteiger partial charge in [-0.25, -0.2) is 55.5 Å². The summed E-state index contributed by atoms with van der Waals surface area (Å²) in [5, 5.41) is 18.4. The molecule has 0 bridgehead atoms. The first-order valence-corrected chi connectivity index (χ1v) is 32.0. The van der Waals surface area contributed by atoms with Crippen LogP contribution in [0.3, 0.4) is 0 Å². The SMILES string of the molecule is CCOc1cc2nc(C3(O)CCOCC3)cn2cc1CC(=O)c1cccc(C(F)F)n1.CCOc1cc2nc(C3(OCC)CCOCC3)cn2cc1CC(=O)c1cccc(C(F)F)n1.O=C(CCl)C1(F)CCOCC1.O=C(Cl)C1(F)CCOCC1.O=C(O)C1(F)CCOCC1. The van der Waals surface area contributed by atoms with Crippen molar-refractivity contribution in [3.8, 4) is 11.5 Å². The van der Waals surface area contributed by atoms with Gasteiger partial charge in [0.1, 0.15) is 56.8 Å². The van der Waals surface area contributed by atoms with Crippen LogP contribution in [0.25, 0.3) is 11.3 Å². The van der Waals surface area contributed by atoms with Gasteiger partial charge >= 0.3 is 5.97 Å². The number of ketones is 3. The number of hydrogen-bond donors (Lipinski definition) is 2. The topological polar surface area (TPSA) is 260 Å². The van der Waals surface area contributed by atoms with Crippen molar-refractivity contribution >= 4 is 63.1 Å². The average Bonchev–Trinajstić information content (AvgIpc) is 1.65. The Labute approximate surface area is 553 Å². The minimum Gasteiger partial charge on any atom is -0.493 e. The number of carboxylic acid groups (broad SMARTS) is 1. The van der Waals surface area contributed by atoms with Gasteiger partial charge in [-0.05, 0) is 56.6 Å². The van der Waals surface area contributed by atoms with Crippen molar-refractivity contribution in [2.75, 3.05) is 91.8 Å². The van der Waals surface area contributed by atoms with Crippen LogP contribution in [0.4, 0.5) is 30.7 Å². The Bertz CT molecular complexity index is 3500. The Morgan fingerprint density at radius 1 is 0.547 bits per heavy atom. The maximum Gasteiger partial charge on any atom is 0.341 e. The van der Waals surface area contributed by atoms with E-state index in [-0.39, 0.29) is 101 Å². The average molecular weight is 1390 g/mol. The number of halogens is 9. The summed E-state index contributed by atoms with van der Waals surface area (Å²) in [4.78, 5) is 74.2. The zero-order valence-electron chi connectivity index (χ0n) is 52.8. The van der Waals surface area contributed by atoms with Crippen LogP contribution in [0.1, 0.15) is 153 Å². The molecule has 11 rings (SSSR count). The Balaban J connectivity index is 0.000000187. The molecule has 5 aliphatic heterocycles. The molecular formula is C65H77Cl2F7N6O15. The van der Waals surface area contributed by atoms with Crippen molar-refractivity contribution in [2.24, 2.45) is 0 Å². The molecule has 11 heterocycles. The first kappa shape index (κ1) is 75.6. The lowest BCUT2D eigenvalue weighted by Crippen LogP contribution is -2.40. The maximum absolute atomic E-state index is 13.5. The summed E-state index contributed by atoms with van der Waals surface area (Å²) in [6, 6.07) is 11.6. The summed E-state index contributed by atoms with van der Waals surface area (Å²) >= 11 is 10.3. The van der Waals surface area contributed by atoms with Crippen LogP contribution in [-0.4, -0.2) is 176 Å². The van der Waals surface area contributed by atoms with E-state index >= 15 is 0 Å². The number of alkyl halides is 8. The van der Waals surface area contributed by atoms with Gasteiger partial charge in [0.2, 0.25) is 5.67 Å². The molecular weight excluding hydrogens is 1310 g/mol. The molecule has 0 saturated carbocycles. The van der Waals surface area contributed by atoms with Crippen molar-refractivity contribution in [2.45, 2.75) is 139 Å². The monoisotopic (exact) mass is 1380 g/mol. The molecule has 6 aromatic rings. The van der Waals surface area contributed by atoms with Crippen LogP contribution in [-0.2, 0) is 66.8 Å². The number of carbonyl (C=O) groups is 5. The van der Waals surface area contributed by atoms with E-state index in [1.54, 1.807) is 35.1 Å². The number of aromatic nitrogens is 6. The molecule has 95 heavy (non-hydrogen) atoms. The second kappa shape index (κ2) is 35.0. The number of Topliss-reactive ketones (excluding diaryl/α,β-unsaturated/α-hetero) is 3. The molecule has 5 fully saturated rings. The predicted molar refractivity (Wildman–Crippen MR) is 330 cm³/mol. The molecule has 0 radical (unpaired) electrons. The van der Waals surface area contributed by atoms with Gasteiger partial charge in [-0.15, -0.1) is 11.6 Å². The Kier molecular flexibility index (Phi) is 27.8. The summed E-state index contributed by atoms with van der Waals surface area (Å²) in [7, 11) is 0. The fraction of sp³-hybridized carbons (Fsp3) is 0.554. The molecule has 0 aromatic carbocycles. The highest BCUT2D eigenvalue weighted by molar-refractivity contribution is 6.65. The number of imidazole rings is 2. The number of pyridine rings is 4. The highest BCUT2D eigenvalue weighted by atomic mass is 35.5. The Morgan fingerprint density at radius 2 is 0.937 bits per heavy atom. The molecule has 2 N–H and O–H groups in total. The zero-order valence-corrected chi connectivity index (χ0v) is 54.3. The third-order valence-corrected chi connectivity index (χ3v) is 16.9. The van der Waals surface area contributed by atoms with Gasteiger partial charge in [0.15, 0.2) is 28.7 Å². The smallest absolute Gasteiger partial charge is 0.341 e. The van der Waals surface area contributed by atoms with E-state index in [1.807, 2.05) is 31.4 Å². The molecule has 0 atom stereocenters. The lowest BCUT2D eigenvalue weighted by atomic mass is 9.91. The van der Waals surface area contributed by atoms with Crippen molar-refractivity contribution in [3.05, 3.63) is 119 Å². The fourth-order valence-corrected chi connectivity index (χ4v) is 11.1. The van der Waals surface area contributed by atoms with E-state index < -0.39 is 75.2 Å². The van der Waals surface area contributed by atoms with E-state index in [0.717, 1.165) is 5.69 Å². The number of fused-ring (bicyclic) bond motifs is 2. The number of rotatable bonds is 20. The standard InChI is InChI=1S/C24H27F2N3O4.C22H23F2N3O4.C7H10ClFO2.C6H8ClFO2.C6H9FO3/c1-3-32-20-13-22-28-21(24(33-4-2)8-10-31-11-9-24)15-29(22)14-16(20)12-19(30)17-6-5-7-18(27-17)23(25)26;1-2-31-18-11-20-26-19(22(29)6-8-30-9-7-22)13-27(20)12-14(18)10-17(28)15-4-3-5-16(25-15)21(23)24;8-5-6(10)7(9)1-3-11-4-2-7;7-5(9)6(8)1-3-10-4-2-6;7-6(5(8)9)1-3-10-4-2-6/h5-7,13-15,23H,3-4,8-12H2,1-2H3;3-5,11-13,21,29H,2,6-10H2,1H3;1-5H2;1-4H2;1-4H2,(H,8,9). The Morgan fingerprint density at radius 3 is 1.31 bits per heavy atom. The first-order chi connectivity index (χ1) is 45.3. The number of carbonyl (C=O) groups excluding carboxylic acids is 4. The summed E-state index contributed by atoms with van der Waals surface area (Å²) in [5.74, 6) is -1.88. The lowest BCUT2D eigenvalue weighted by molar-refractivity contribution is -0.157. The summed E-state index contributed by atoms with van der Waals surface area (Å²) in [5.41, 5.74) is -4.22. The third kappa shape index (κ3) is 20.2. The second-order valence-electron chi connectivity index (χ2n) is 22.7. The quantitative estimate of drug-likeness (QED) is 0.0311. The molecule has 520 valence electrons. The minimum atomic E-state index is -2.75. The fourth-order valence-electron chi connectivity index (χ4n) is 10.7. The first-order valence-electron chi connectivity index (χ1n) is 31.0. The van der Waals surface area contributed by atoms with Gasteiger partial charge in [0.25, 0.3) is 18.1 Å². The largest absolute Gasteiger partial charge is 0.493 e. The van der Waals surface area contributed by atoms with Crippen molar-refractivity contribution in [1.82, 2.24) is 28.7 Å². The number of aliphatic carboxylic acids is 1.